The van der Waals surface area contributed by atoms with E-state index < -0.39 is 0 Å². The van der Waals surface area contributed by atoms with Crippen molar-refractivity contribution in [3.05, 3.63) is 53.7 Å². The number of nitrogen functional groups attached to an aromatic ring is 1. The van der Waals surface area contributed by atoms with E-state index in [-0.39, 0.29) is 6.03 Å². The number of nitrogens with one attached hydrogen (secondary N) is 2. The predicted octanol–water partition coefficient (Wildman–Crippen LogP) is 3.42. The number of nitrogens with zero attached hydrogens (tertiary/aromatic N) is 2. The van der Waals surface area contributed by atoms with Gasteiger partial charge in [-0.15, -0.1) is 0 Å². The van der Waals surface area contributed by atoms with E-state index in [1.165, 1.54) is 7.05 Å². The van der Waals surface area contributed by atoms with Gasteiger partial charge in [0.25, 0.3) is 0 Å². The average molecular weight is 331 g/mol. The molecule has 6 nitrogen and oxygen atoms in total. The predicted molar refractivity (Wildman–Crippen MR) is 99.1 cm³/mol. The van der Waals surface area contributed by atoms with Gasteiger partial charge in [0.15, 0.2) is 0 Å². The zero-order valence-corrected chi connectivity index (χ0v) is 13.9. The van der Waals surface area contributed by atoms with Crippen LogP contribution in [0, 0.1) is 18.3 Å². The lowest BCUT2D eigenvalue weighted by Gasteiger charge is -2.13. The van der Waals surface area contributed by atoms with E-state index in [0.717, 1.165) is 22.1 Å². The Morgan fingerprint density at radius 2 is 2.00 bits per heavy atom. The molecule has 0 bridgehead atoms. The molecular weight excluding hydrogens is 314 g/mol. The Hall–Kier alpha value is -3.59. The summed E-state index contributed by atoms with van der Waals surface area (Å²) in [6, 6.07) is 13.3. The van der Waals surface area contributed by atoms with Crippen molar-refractivity contribution >= 4 is 28.3 Å². The summed E-state index contributed by atoms with van der Waals surface area (Å²) >= 11 is 0. The lowest BCUT2D eigenvalue weighted by atomic mass is 9.92. The van der Waals surface area contributed by atoms with E-state index in [2.05, 4.69) is 21.7 Å². The lowest BCUT2D eigenvalue weighted by Crippen LogP contribution is -2.24. The van der Waals surface area contributed by atoms with Crippen LogP contribution in [0.1, 0.15) is 11.1 Å². The summed E-state index contributed by atoms with van der Waals surface area (Å²) in [5, 5.41) is 16.2. The van der Waals surface area contributed by atoms with Crippen LogP contribution in [-0.4, -0.2) is 18.1 Å². The molecule has 1 aromatic heterocycles. The van der Waals surface area contributed by atoms with Gasteiger partial charge in [-0.05, 0) is 35.6 Å². The highest BCUT2D eigenvalue weighted by molar-refractivity contribution is 6.02. The normalized spacial score (nSPS) is 10.3. The first-order valence-corrected chi connectivity index (χ1v) is 7.72. The van der Waals surface area contributed by atoms with E-state index in [1.54, 1.807) is 12.3 Å². The number of aromatic nitrogens is 1. The first kappa shape index (κ1) is 16.3. The van der Waals surface area contributed by atoms with E-state index in [9.17, 15) is 10.1 Å². The van der Waals surface area contributed by atoms with Gasteiger partial charge < -0.3 is 11.1 Å². The van der Waals surface area contributed by atoms with Gasteiger partial charge >= 0.3 is 6.03 Å². The number of pyridine rings is 1. The monoisotopic (exact) mass is 331 g/mol. The maximum atomic E-state index is 11.5. The lowest BCUT2D eigenvalue weighted by molar-refractivity contribution is 0.254. The number of hydrogen-bond donors (Lipinski definition) is 3. The molecular formula is C19H17N5O. The van der Waals surface area contributed by atoms with Gasteiger partial charge in [0.05, 0.1) is 11.3 Å². The van der Waals surface area contributed by atoms with Gasteiger partial charge in [-0.2, -0.15) is 5.26 Å². The zero-order valence-electron chi connectivity index (χ0n) is 13.9. The van der Waals surface area contributed by atoms with Crippen LogP contribution >= 0.6 is 0 Å². The van der Waals surface area contributed by atoms with Crippen molar-refractivity contribution in [2.45, 2.75) is 6.92 Å². The standard InChI is InChI=1S/C19H17N5O/c1-11-5-3-4-6-13(11)14-7-12-8-17(24-19(25)22-2)23-10-16(12)18(21)15(14)9-20/h3-8,10H,21H2,1-2H3,(H2,22,23,24,25). The molecule has 2 aromatic carbocycles. The van der Waals surface area contributed by atoms with E-state index >= 15 is 0 Å². The molecule has 0 aliphatic carbocycles. The van der Waals surface area contributed by atoms with Gasteiger partial charge in [-0.25, -0.2) is 9.78 Å². The molecule has 4 N–H and O–H groups in total. The number of carbonyl (C=O) groups is 1. The van der Waals surface area contributed by atoms with Gasteiger partial charge in [0, 0.05) is 24.2 Å². The van der Waals surface area contributed by atoms with Crippen molar-refractivity contribution in [3.8, 4) is 17.2 Å². The molecule has 1 heterocycles. The minimum atomic E-state index is -0.354. The van der Waals surface area contributed by atoms with Gasteiger partial charge in [-0.3, -0.25) is 5.32 Å². The number of urea groups is 1. The Balaban J connectivity index is 2.25. The molecule has 0 aliphatic heterocycles. The third-order valence-corrected chi connectivity index (χ3v) is 4.08. The fourth-order valence-corrected chi connectivity index (χ4v) is 2.78. The molecule has 3 rings (SSSR count). The van der Waals surface area contributed by atoms with Crippen LogP contribution < -0.4 is 16.4 Å². The summed E-state index contributed by atoms with van der Waals surface area (Å²) in [5.41, 5.74) is 9.81. The molecule has 0 spiro atoms. The zero-order chi connectivity index (χ0) is 18.0. The minimum Gasteiger partial charge on any atom is -0.397 e. The average Bonchev–Trinajstić information content (AvgIpc) is 2.61. The van der Waals surface area contributed by atoms with Gasteiger partial charge in [0.1, 0.15) is 11.9 Å². The Kier molecular flexibility index (Phi) is 4.23. The van der Waals surface area contributed by atoms with Crippen molar-refractivity contribution in [2.75, 3.05) is 18.1 Å². The smallest absolute Gasteiger partial charge is 0.320 e. The first-order valence-electron chi connectivity index (χ1n) is 7.72. The van der Waals surface area contributed by atoms with E-state index in [4.69, 9.17) is 5.73 Å². The topological polar surface area (TPSA) is 104 Å². The van der Waals surface area contributed by atoms with Crippen LogP contribution in [0.2, 0.25) is 0 Å². The Morgan fingerprint density at radius 1 is 1.24 bits per heavy atom. The molecule has 6 heteroatoms. The fraction of sp³-hybridized carbons (Fsp3) is 0.105. The van der Waals surface area contributed by atoms with Gasteiger partial charge in [0.2, 0.25) is 0 Å². The second kappa shape index (κ2) is 6.49. The Labute approximate surface area is 145 Å². The maximum absolute atomic E-state index is 11.5. The van der Waals surface area contributed by atoms with E-state index in [0.29, 0.717) is 22.5 Å². The number of rotatable bonds is 2. The van der Waals surface area contributed by atoms with Crippen molar-refractivity contribution in [1.82, 2.24) is 10.3 Å². The van der Waals surface area contributed by atoms with E-state index in [1.807, 2.05) is 37.3 Å². The number of fused-ring (bicyclic) bond motifs is 1. The van der Waals surface area contributed by atoms with Crippen molar-refractivity contribution in [1.29, 1.82) is 5.26 Å². The maximum Gasteiger partial charge on any atom is 0.320 e. The highest BCUT2D eigenvalue weighted by Gasteiger charge is 2.15. The van der Waals surface area contributed by atoms with Crippen LogP contribution in [0.3, 0.4) is 0 Å². The molecule has 2 amide bonds. The van der Waals surface area contributed by atoms with Gasteiger partial charge in [-0.1, -0.05) is 24.3 Å². The summed E-state index contributed by atoms with van der Waals surface area (Å²) in [4.78, 5) is 15.7. The van der Waals surface area contributed by atoms with Crippen molar-refractivity contribution < 1.29 is 4.79 Å². The fourth-order valence-electron chi connectivity index (χ4n) is 2.78. The molecule has 25 heavy (non-hydrogen) atoms. The summed E-state index contributed by atoms with van der Waals surface area (Å²) in [5.74, 6) is 0.409. The summed E-state index contributed by atoms with van der Waals surface area (Å²) in [6.07, 6.45) is 1.57. The third-order valence-electron chi connectivity index (χ3n) is 4.08. The van der Waals surface area contributed by atoms with Crippen LogP contribution in [0.5, 0.6) is 0 Å². The Bertz CT molecular complexity index is 1020. The largest absolute Gasteiger partial charge is 0.397 e. The highest BCUT2D eigenvalue weighted by atomic mass is 16.2. The quantitative estimate of drug-likeness (QED) is 0.626. The van der Waals surface area contributed by atoms with Crippen LogP contribution in [0.15, 0.2) is 42.6 Å². The Morgan fingerprint density at radius 3 is 2.68 bits per heavy atom. The number of hydrogen-bond acceptors (Lipinski definition) is 4. The number of aryl methyl sites for hydroxylation is 1. The first-order chi connectivity index (χ1) is 12.0. The third kappa shape index (κ3) is 2.95. The molecule has 3 aromatic rings. The van der Waals surface area contributed by atoms with Crippen LogP contribution in [0.4, 0.5) is 16.3 Å². The summed E-state index contributed by atoms with van der Waals surface area (Å²) in [6.45, 7) is 1.99. The number of nitriles is 1. The number of carbonyl (C=O) groups excluding carboxylic acids is 1. The highest BCUT2D eigenvalue weighted by Crippen LogP contribution is 2.35. The molecule has 0 aliphatic rings. The number of benzene rings is 2. The van der Waals surface area contributed by atoms with Crippen molar-refractivity contribution in [3.63, 3.8) is 0 Å². The van der Waals surface area contributed by atoms with Crippen LogP contribution in [0.25, 0.3) is 21.9 Å². The number of anilines is 2. The molecule has 0 radical (unpaired) electrons. The molecule has 124 valence electrons. The second-order valence-electron chi connectivity index (χ2n) is 5.63. The molecule has 0 fully saturated rings. The van der Waals surface area contributed by atoms with Crippen LogP contribution in [-0.2, 0) is 0 Å². The molecule has 0 saturated carbocycles. The molecule has 0 unspecified atom stereocenters. The second-order valence-corrected chi connectivity index (χ2v) is 5.63. The minimum absolute atomic E-state index is 0.354. The molecule has 0 atom stereocenters. The number of nitrogens with two attached hydrogens (primary N) is 1. The number of amides is 2. The molecule has 0 saturated heterocycles. The summed E-state index contributed by atoms with van der Waals surface area (Å²) in [7, 11) is 1.53. The SMILES string of the molecule is CNC(=O)Nc1cc2cc(-c3ccccc3C)c(C#N)c(N)c2cn1. The summed E-state index contributed by atoms with van der Waals surface area (Å²) < 4.78 is 0. The van der Waals surface area contributed by atoms with Crippen molar-refractivity contribution in [2.24, 2.45) is 0 Å².